The second kappa shape index (κ2) is 11.5. The SMILES string of the molecule is C=CC(=O)N1CC(N(c2nc(OCC3CCCN3C)nc3c(F)c(-c4ccc(F)c5sc(N)nc45)c(Cl)cc23)C(C)C)C1. The van der Waals surface area contributed by atoms with Gasteiger partial charge in [-0.25, -0.2) is 13.8 Å². The molecule has 43 heavy (non-hydrogen) atoms. The summed E-state index contributed by atoms with van der Waals surface area (Å²) in [5.74, 6) is -0.891. The molecule has 0 saturated carbocycles. The fourth-order valence-corrected chi connectivity index (χ4v) is 7.06. The summed E-state index contributed by atoms with van der Waals surface area (Å²) in [5, 5.41) is 0.652. The van der Waals surface area contributed by atoms with Gasteiger partial charge < -0.3 is 25.2 Å². The molecule has 4 aromatic rings. The van der Waals surface area contributed by atoms with Crippen molar-refractivity contribution in [2.75, 3.05) is 43.9 Å². The van der Waals surface area contributed by atoms with E-state index in [1.807, 2.05) is 20.9 Å². The predicted octanol–water partition coefficient (Wildman–Crippen LogP) is 5.50. The zero-order chi connectivity index (χ0) is 30.6. The summed E-state index contributed by atoms with van der Waals surface area (Å²) in [7, 11) is 2.05. The molecule has 0 spiro atoms. The van der Waals surface area contributed by atoms with Crippen molar-refractivity contribution < 1.29 is 18.3 Å². The maximum absolute atomic E-state index is 16.7. The Morgan fingerprint density at radius 1 is 1.28 bits per heavy atom. The van der Waals surface area contributed by atoms with Crippen LogP contribution in [0.15, 0.2) is 30.9 Å². The van der Waals surface area contributed by atoms with Gasteiger partial charge in [0.25, 0.3) is 0 Å². The molecule has 0 radical (unpaired) electrons. The van der Waals surface area contributed by atoms with Gasteiger partial charge >= 0.3 is 6.01 Å². The van der Waals surface area contributed by atoms with Crippen molar-refractivity contribution in [1.29, 1.82) is 0 Å². The van der Waals surface area contributed by atoms with Crippen molar-refractivity contribution in [1.82, 2.24) is 24.8 Å². The van der Waals surface area contributed by atoms with E-state index in [9.17, 15) is 9.18 Å². The summed E-state index contributed by atoms with van der Waals surface area (Å²) in [4.78, 5) is 31.8. The minimum atomic E-state index is -0.700. The zero-order valence-corrected chi connectivity index (χ0v) is 25.7. The van der Waals surface area contributed by atoms with Gasteiger partial charge in [0.05, 0.1) is 21.3 Å². The molecule has 2 aliphatic rings. The standard InChI is InChI=1S/C30H32ClF2N7O2S/c1-5-22(41)39-12-17(13-39)40(15(2)3)28-19-11-20(31)23(18-8-9-21(32)27-26(18)35-29(34)43-27)24(33)25(19)36-30(37-28)42-14-16-7-6-10-38(16)4/h5,8-9,11,15-17H,1,6-7,10,12-14H2,2-4H3,(H2,34,35). The molecular formula is C30H32ClF2N7O2S. The molecule has 2 fully saturated rings. The predicted molar refractivity (Wildman–Crippen MR) is 167 cm³/mol. The van der Waals surface area contributed by atoms with Crippen LogP contribution in [0.4, 0.5) is 19.7 Å². The van der Waals surface area contributed by atoms with Gasteiger partial charge in [-0.1, -0.05) is 29.5 Å². The van der Waals surface area contributed by atoms with Crippen molar-refractivity contribution in [2.24, 2.45) is 0 Å². The lowest BCUT2D eigenvalue weighted by atomic mass is 10.00. The van der Waals surface area contributed by atoms with Crippen LogP contribution >= 0.6 is 22.9 Å². The van der Waals surface area contributed by atoms with Crippen LogP contribution in [0.3, 0.4) is 0 Å². The highest BCUT2D eigenvalue weighted by molar-refractivity contribution is 7.22. The topological polar surface area (TPSA) is 101 Å². The monoisotopic (exact) mass is 627 g/mol. The van der Waals surface area contributed by atoms with Crippen molar-refractivity contribution >= 4 is 60.9 Å². The van der Waals surface area contributed by atoms with Gasteiger partial charge in [0.1, 0.15) is 23.8 Å². The fourth-order valence-electron chi connectivity index (χ4n) is 6.00. The van der Waals surface area contributed by atoms with Gasteiger partial charge in [0.2, 0.25) is 5.91 Å². The first-order valence-corrected chi connectivity index (χ1v) is 15.3. The number of carbonyl (C=O) groups is 1. The number of nitrogen functional groups attached to an aromatic ring is 1. The molecule has 1 unspecified atom stereocenters. The Morgan fingerprint density at radius 2 is 2.05 bits per heavy atom. The molecule has 4 heterocycles. The third-order valence-corrected chi connectivity index (χ3v) is 9.43. The summed E-state index contributed by atoms with van der Waals surface area (Å²) >= 11 is 7.78. The van der Waals surface area contributed by atoms with E-state index in [2.05, 4.69) is 26.3 Å². The summed E-state index contributed by atoms with van der Waals surface area (Å²) in [6, 6.07) is 4.43. The molecule has 2 N–H and O–H groups in total. The molecule has 2 aromatic carbocycles. The molecule has 13 heteroatoms. The first kappa shape index (κ1) is 29.5. The van der Waals surface area contributed by atoms with Gasteiger partial charge in [-0.2, -0.15) is 9.97 Å². The number of carbonyl (C=O) groups excluding carboxylic acids is 1. The van der Waals surface area contributed by atoms with Crippen LogP contribution in [0.2, 0.25) is 5.02 Å². The molecule has 0 bridgehead atoms. The molecule has 2 saturated heterocycles. The second-order valence-corrected chi connectivity index (χ2v) is 12.7. The van der Waals surface area contributed by atoms with E-state index in [0.29, 0.717) is 36.5 Å². The average molecular weight is 628 g/mol. The van der Waals surface area contributed by atoms with E-state index in [0.717, 1.165) is 30.7 Å². The molecule has 9 nitrogen and oxygen atoms in total. The Balaban J connectivity index is 1.51. The van der Waals surface area contributed by atoms with Gasteiger partial charge in [-0.15, -0.1) is 0 Å². The molecule has 0 aliphatic carbocycles. The molecule has 2 aliphatic heterocycles. The highest BCUT2D eigenvalue weighted by atomic mass is 35.5. The number of likely N-dealkylation sites (tertiary alicyclic amines) is 2. The fraction of sp³-hybridized carbons (Fsp3) is 0.400. The Kier molecular flexibility index (Phi) is 7.86. The second-order valence-electron chi connectivity index (χ2n) is 11.3. The number of fused-ring (bicyclic) bond motifs is 2. The summed E-state index contributed by atoms with van der Waals surface area (Å²) in [5.41, 5.74) is 6.48. The first-order valence-electron chi connectivity index (χ1n) is 14.1. The van der Waals surface area contributed by atoms with Gasteiger partial charge in [-0.05, 0) is 64.6 Å². The normalized spacial score (nSPS) is 17.7. The number of nitrogens with zero attached hydrogens (tertiary/aromatic N) is 6. The van der Waals surface area contributed by atoms with Crippen LogP contribution < -0.4 is 15.4 Å². The van der Waals surface area contributed by atoms with Crippen molar-refractivity contribution in [2.45, 2.75) is 44.8 Å². The largest absolute Gasteiger partial charge is 0.462 e. The maximum Gasteiger partial charge on any atom is 0.319 e. The number of amides is 1. The molecule has 1 atom stereocenters. The molecule has 1 amide bonds. The lowest BCUT2D eigenvalue weighted by Gasteiger charge is -2.47. The highest BCUT2D eigenvalue weighted by Crippen LogP contribution is 2.43. The zero-order valence-electron chi connectivity index (χ0n) is 24.1. The van der Waals surface area contributed by atoms with Crippen LogP contribution in [0, 0.1) is 11.6 Å². The Labute approximate surface area is 256 Å². The number of halogens is 3. The van der Waals surface area contributed by atoms with Gasteiger partial charge in [-0.3, -0.25) is 4.79 Å². The molecule has 2 aromatic heterocycles. The number of hydrogen-bond acceptors (Lipinski definition) is 9. The Hall–Kier alpha value is -3.61. The highest BCUT2D eigenvalue weighted by Gasteiger charge is 2.37. The van der Waals surface area contributed by atoms with Crippen LogP contribution in [0.25, 0.3) is 32.2 Å². The van der Waals surface area contributed by atoms with Gasteiger partial charge in [0.15, 0.2) is 10.9 Å². The molecule has 6 rings (SSSR count). The van der Waals surface area contributed by atoms with Crippen LogP contribution in [0.5, 0.6) is 6.01 Å². The Morgan fingerprint density at radius 3 is 2.72 bits per heavy atom. The Bertz CT molecular complexity index is 1740. The van der Waals surface area contributed by atoms with E-state index < -0.39 is 11.6 Å². The number of ether oxygens (including phenoxy) is 1. The van der Waals surface area contributed by atoms with E-state index >= 15 is 4.39 Å². The number of likely N-dealkylation sites (N-methyl/N-ethyl adjacent to an activating group) is 1. The summed E-state index contributed by atoms with van der Waals surface area (Å²) in [6.07, 6.45) is 3.34. The number of benzene rings is 2. The lowest BCUT2D eigenvalue weighted by molar-refractivity contribution is -0.130. The number of aromatic nitrogens is 3. The smallest absolute Gasteiger partial charge is 0.319 e. The van der Waals surface area contributed by atoms with Crippen LogP contribution in [0.1, 0.15) is 26.7 Å². The van der Waals surface area contributed by atoms with E-state index in [4.69, 9.17) is 27.1 Å². The average Bonchev–Trinajstić information content (AvgIpc) is 3.55. The minimum Gasteiger partial charge on any atom is -0.462 e. The lowest BCUT2D eigenvalue weighted by Crippen LogP contribution is -2.62. The molecule has 226 valence electrons. The van der Waals surface area contributed by atoms with E-state index in [1.54, 1.807) is 11.0 Å². The molecular weight excluding hydrogens is 596 g/mol. The van der Waals surface area contributed by atoms with E-state index in [-0.39, 0.29) is 61.5 Å². The van der Waals surface area contributed by atoms with Crippen molar-refractivity contribution in [3.63, 3.8) is 0 Å². The van der Waals surface area contributed by atoms with Gasteiger partial charge in [0, 0.05) is 41.7 Å². The quantitative estimate of drug-likeness (QED) is 0.256. The van der Waals surface area contributed by atoms with Crippen molar-refractivity contribution in [3.05, 3.63) is 47.5 Å². The van der Waals surface area contributed by atoms with Crippen LogP contribution in [-0.2, 0) is 4.79 Å². The number of hydrogen-bond donors (Lipinski definition) is 1. The summed E-state index contributed by atoms with van der Waals surface area (Å²) < 4.78 is 37.6. The first-order chi connectivity index (χ1) is 20.6. The third-order valence-electron chi connectivity index (χ3n) is 8.24. The van der Waals surface area contributed by atoms with Crippen LogP contribution in [-0.4, -0.2) is 82.1 Å². The number of rotatable bonds is 8. The van der Waals surface area contributed by atoms with Crippen molar-refractivity contribution in [3.8, 4) is 17.1 Å². The summed E-state index contributed by atoms with van der Waals surface area (Å²) in [6.45, 7) is 9.85. The number of nitrogens with two attached hydrogens (primary N) is 1. The van der Waals surface area contributed by atoms with E-state index in [1.165, 1.54) is 18.2 Å². The number of thiazole rings is 1. The number of anilines is 2. The minimum absolute atomic E-state index is 0.0175. The third kappa shape index (κ3) is 5.25. The maximum atomic E-state index is 16.7.